The minimum absolute atomic E-state index is 0.00211. The molecule has 0 aliphatic rings. The molecule has 0 aromatic heterocycles. The Balaban J connectivity index is 2.09. The number of carbonyl (C=O) groups is 2. The van der Waals surface area contributed by atoms with Crippen LogP contribution in [0.5, 0.6) is 0 Å². The molecule has 130 valence electrons. The molecule has 0 heterocycles. The van der Waals surface area contributed by atoms with Gasteiger partial charge in [-0.2, -0.15) is 4.99 Å². The Hall–Kier alpha value is -2.47. The van der Waals surface area contributed by atoms with Crippen molar-refractivity contribution in [2.45, 2.75) is 20.0 Å². The van der Waals surface area contributed by atoms with Crippen LogP contribution in [-0.2, 0) is 27.3 Å². The first-order chi connectivity index (χ1) is 12.0. The summed E-state index contributed by atoms with van der Waals surface area (Å²) in [5.41, 5.74) is 2.71. The summed E-state index contributed by atoms with van der Waals surface area (Å²) in [6.45, 7) is 2.03. The standard InChI is InChI=1S/C19H18BrNO4/c1-13-10-15(8-9-16(13)20)11-17(18(22)24-2)21-19(23)25-12-14-6-4-3-5-7-14/h3-10H,11-12H2,1-2H3. The van der Waals surface area contributed by atoms with Gasteiger partial charge in [-0.3, -0.25) is 0 Å². The van der Waals surface area contributed by atoms with Crippen molar-refractivity contribution in [2.75, 3.05) is 7.11 Å². The van der Waals surface area contributed by atoms with Gasteiger partial charge in [-0.15, -0.1) is 0 Å². The minimum atomic E-state index is -0.821. The average molecular weight is 404 g/mol. The van der Waals surface area contributed by atoms with Crippen LogP contribution in [0.3, 0.4) is 0 Å². The van der Waals surface area contributed by atoms with Gasteiger partial charge in [0.05, 0.1) is 7.11 Å². The number of benzene rings is 2. The highest BCUT2D eigenvalue weighted by molar-refractivity contribution is 9.10. The zero-order chi connectivity index (χ0) is 18.2. The molecule has 1 amide bonds. The Morgan fingerprint density at radius 1 is 1.08 bits per heavy atom. The normalized spacial score (nSPS) is 11.1. The lowest BCUT2D eigenvalue weighted by Gasteiger charge is -2.07. The molecule has 0 saturated heterocycles. The maximum atomic E-state index is 11.9. The van der Waals surface area contributed by atoms with Gasteiger partial charge in [-0.05, 0) is 29.7 Å². The SMILES string of the molecule is COC(=O)C(Cc1ccc(Br)c(C)c1)=NC(=O)OCc1ccccc1. The topological polar surface area (TPSA) is 65.0 Å². The van der Waals surface area contributed by atoms with Gasteiger partial charge >= 0.3 is 12.1 Å². The van der Waals surface area contributed by atoms with Crippen LogP contribution in [0.15, 0.2) is 58.0 Å². The van der Waals surface area contributed by atoms with Crippen molar-refractivity contribution >= 4 is 33.7 Å². The van der Waals surface area contributed by atoms with E-state index in [1.807, 2.05) is 55.5 Å². The Labute approximate surface area is 154 Å². The molecule has 6 heteroatoms. The third kappa shape index (κ3) is 5.83. The number of hydrogen-bond acceptors (Lipinski definition) is 4. The van der Waals surface area contributed by atoms with Crippen molar-refractivity contribution in [1.29, 1.82) is 0 Å². The number of ether oxygens (including phenoxy) is 2. The lowest BCUT2D eigenvalue weighted by molar-refractivity contribution is -0.132. The fourth-order valence-corrected chi connectivity index (χ4v) is 2.39. The molecule has 0 fully saturated rings. The van der Waals surface area contributed by atoms with E-state index in [4.69, 9.17) is 9.47 Å². The molecule has 0 spiro atoms. The lowest BCUT2D eigenvalue weighted by atomic mass is 10.1. The molecule has 0 bridgehead atoms. The summed E-state index contributed by atoms with van der Waals surface area (Å²) < 4.78 is 10.8. The van der Waals surface area contributed by atoms with Gasteiger partial charge < -0.3 is 9.47 Å². The number of nitrogens with zero attached hydrogens (tertiary/aromatic N) is 1. The molecular weight excluding hydrogens is 386 g/mol. The summed E-state index contributed by atoms with van der Waals surface area (Å²) in [5.74, 6) is -0.655. The molecule has 2 aromatic carbocycles. The van der Waals surface area contributed by atoms with Crippen LogP contribution in [0.2, 0.25) is 0 Å². The number of esters is 1. The summed E-state index contributed by atoms with van der Waals surface area (Å²) in [4.78, 5) is 27.6. The van der Waals surface area contributed by atoms with Crippen LogP contribution < -0.4 is 0 Å². The van der Waals surface area contributed by atoms with Crippen LogP contribution in [0.4, 0.5) is 4.79 Å². The van der Waals surface area contributed by atoms with Crippen LogP contribution in [0.25, 0.3) is 0 Å². The number of amides is 1. The molecule has 0 aliphatic heterocycles. The first-order valence-electron chi connectivity index (χ1n) is 7.61. The number of rotatable bonds is 5. The number of carbonyl (C=O) groups excluding carboxylic acids is 2. The molecule has 0 atom stereocenters. The molecule has 0 saturated carbocycles. The Morgan fingerprint density at radius 3 is 2.44 bits per heavy atom. The molecule has 2 rings (SSSR count). The van der Waals surface area contributed by atoms with Crippen molar-refractivity contribution < 1.29 is 19.1 Å². The first-order valence-corrected chi connectivity index (χ1v) is 8.40. The third-order valence-electron chi connectivity index (χ3n) is 3.45. The van der Waals surface area contributed by atoms with E-state index in [1.165, 1.54) is 7.11 Å². The highest BCUT2D eigenvalue weighted by Gasteiger charge is 2.16. The van der Waals surface area contributed by atoms with E-state index >= 15 is 0 Å². The summed E-state index contributed by atoms with van der Waals surface area (Å²) >= 11 is 3.43. The smallest absolute Gasteiger partial charge is 0.434 e. The molecule has 0 radical (unpaired) electrons. The van der Waals surface area contributed by atoms with Crippen molar-refractivity contribution in [3.63, 3.8) is 0 Å². The summed E-state index contributed by atoms with van der Waals surface area (Å²) in [6, 6.07) is 14.9. The van der Waals surface area contributed by atoms with E-state index in [2.05, 4.69) is 20.9 Å². The predicted molar refractivity (Wildman–Crippen MR) is 98.7 cm³/mol. The Kier molecular flexibility index (Phi) is 6.89. The van der Waals surface area contributed by atoms with Gasteiger partial charge in [-0.25, -0.2) is 9.59 Å². The average Bonchev–Trinajstić information content (AvgIpc) is 2.62. The largest absolute Gasteiger partial charge is 0.465 e. The molecular formula is C19H18BrNO4. The Bertz CT molecular complexity index is 787. The maximum absolute atomic E-state index is 11.9. The molecule has 25 heavy (non-hydrogen) atoms. The van der Waals surface area contributed by atoms with E-state index in [0.717, 1.165) is 21.2 Å². The second-order valence-electron chi connectivity index (χ2n) is 5.35. The second-order valence-corrected chi connectivity index (χ2v) is 6.20. The van der Waals surface area contributed by atoms with Crippen molar-refractivity contribution in [2.24, 2.45) is 4.99 Å². The van der Waals surface area contributed by atoms with Crippen LogP contribution in [-0.4, -0.2) is 24.9 Å². The van der Waals surface area contributed by atoms with E-state index < -0.39 is 12.1 Å². The van der Waals surface area contributed by atoms with Gasteiger partial charge in [0.25, 0.3) is 0 Å². The number of aliphatic imine (C=N–C) groups is 1. The van der Waals surface area contributed by atoms with Crippen molar-refractivity contribution in [3.8, 4) is 0 Å². The lowest BCUT2D eigenvalue weighted by Crippen LogP contribution is -2.20. The van der Waals surface area contributed by atoms with E-state index in [0.29, 0.717) is 0 Å². The molecule has 0 N–H and O–H groups in total. The molecule has 2 aromatic rings. The number of aryl methyl sites for hydroxylation is 1. The van der Waals surface area contributed by atoms with E-state index in [1.54, 1.807) is 0 Å². The fraction of sp³-hybridized carbons (Fsp3) is 0.211. The number of methoxy groups -OCH3 is 1. The van der Waals surface area contributed by atoms with Gasteiger partial charge in [0.15, 0.2) is 0 Å². The maximum Gasteiger partial charge on any atom is 0.434 e. The fourth-order valence-electron chi connectivity index (χ4n) is 2.15. The molecule has 5 nitrogen and oxygen atoms in total. The summed E-state index contributed by atoms with van der Waals surface area (Å²) in [5, 5.41) is 0. The molecule has 0 aliphatic carbocycles. The summed E-state index contributed by atoms with van der Waals surface area (Å²) in [6.07, 6.45) is -0.639. The summed E-state index contributed by atoms with van der Waals surface area (Å²) in [7, 11) is 1.25. The zero-order valence-corrected chi connectivity index (χ0v) is 15.6. The number of hydrogen-bond donors (Lipinski definition) is 0. The van der Waals surface area contributed by atoms with Gasteiger partial charge in [-0.1, -0.05) is 58.4 Å². The third-order valence-corrected chi connectivity index (χ3v) is 4.34. The second kappa shape index (κ2) is 9.13. The number of halogens is 1. The quantitative estimate of drug-likeness (QED) is 0.552. The van der Waals surface area contributed by atoms with Crippen molar-refractivity contribution in [3.05, 3.63) is 69.7 Å². The minimum Gasteiger partial charge on any atom is -0.465 e. The van der Waals surface area contributed by atoms with Crippen LogP contribution in [0, 0.1) is 6.92 Å². The van der Waals surface area contributed by atoms with Crippen LogP contribution >= 0.6 is 15.9 Å². The molecule has 0 unspecified atom stereocenters. The zero-order valence-electron chi connectivity index (χ0n) is 14.0. The predicted octanol–water partition coefficient (Wildman–Crippen LogP) is 4.25. The highest BCUT2D eigenvalue weighted by Crippen LogP contribution is 2.18. The van der Waals surface area contributed by atoms with E-state index in [9.17, 15) is 9.59 Å². The van der Waals surface area contributed by atoms with Gasteiger partial charge in [0.1, 0.15) is 12.3 Å². The highest BCUT2D eigenvalue weighted by atomic mass is 79.9. The van der Waals surface area contributed by atoms with Crippen LogP contribution in [0.1, 0.15) is 16.7 Å². The van der Waals surface area contributed by atoms with E-state index in [-0.39, 0.29) is 18.7 Å². The van der Waals surface area contributed by atoms with Crippen molar-refractivity contribution in [1.82, 2.24) is 0 Å². The Morgan fingerprint density at radius 2 is 1.80 bits per heavy atom. The van der Waals surface area contributed by atoms with Gasteiger partial charge in [0.2, 0.25) is 0 Å². The van der Waals surface area contributed by atoms with Gasteiger partial charge in [0, 0.05) is 10.9 Å². The first kappa shape index (κ1) is 18.9. The monoisotopic (exact) mass is 403 g/mol.